The van der Waals surface area contributed by atoms with Gasteiger partial charge in [-0.25, -0.2) is 38.4 Å². The highest BCUT2D eigenvalue weighted by atomic mass is 16.6. The van der Waals surface area contributed by atoms with Crippen LogP contribution in [-0.2, 0) is 94.4 Å². The van der Waals surface area contributed by atoms with Crippen LogP contribution in [0.2, 0.25) is 0 Å². The molecule has 0 bridgehead atoms. The van der Waals surface area contributed by atoms with Crippen LogP contribution in [0.25, 0.3) is 0 Å². The van der Waals surface area contributed by atoms with E-state index in [2.05, 4.69) is 53.2 Å². The van der Waals surface area contributed by atoms with E-state index >= 15 is 0 Å². The zero-order chi connectivity index (χ0) is 94.0. The van der Waals surface area contributed by atoms with Crippen LogP contribution in [0.1, 0.15) is 64.5 Å². The Hall–Kier alpha value is -13.5. The van der Waals surface area contributed by atoms with E-state index in [0.717, 1.165) is 46.5 Å². The van der Waals surface area contributed by atoms with Crippen LogP contribution in [0.15, 0.2) is 60.7 Å². The summed E-state index contributed by atoms with van der Waals surface area (Å²) in [6.07, 6.45) is -17.4. The molecule has 51 heteroatoms. The molecule has 7 rings (SSSR count). The third kappa shape index (κ3) is 28.5. The van der Waals surface area contributed by atoms with Gasteiger partial charge in [0.25, 0.3) is 11.8 Å². The Kier molecular flexibility index (Phi) is 37.2. The Labute approximate surface area is 725 Å². The number of nitrogens with one attached hydrogen (secondary N) is 10. The van der Waals surface area contributed by atoms with E-state index in [-0.39, 0.29) is 89.5 Å². The second-order valence-corrected chi connectivity index (χ2v) is 30.6. The number of nitrogens with zero attached hydrogens (tertiary/aromatic N) is 8. The lowest BCUT2D eigenvalue weighted by Gasteiger charge is -2.44. The molecule has 0 saturated carbocycles. The predicted octanol–water partition coefficient (Wildman–Crippen LogP) is -6.84. The Morgan fingerprint density at radius 3 is 1.11 bits per heavy atom. The smallest absolute Gasteiger partial charge is 0.409 e. The molecule has 4 fully saturated rings. The first-order chi connectivity index (χ1) is 60.0. The maximum absolute atomic E-state index is 14.0. The number of anilines is 2. The van der Waals surface area contributed by atoms with Gasteiger partial charge in [0.15, 0.2) is 0 Å². The highest BCUT2D eigenvalue weighted by Crippen LogP contribution is 2.30. The zero-order valence-electron chi connectivity index (χ0n) is 70.6. The number of nitrogens with two attached hydrogens (primary N) is 2. The maximum Gasteiger partial charge on any atom is 0.409 e. The third-order valence-corrected chi connectivity index (χ3v) is 20.7. The Balaban J connectivity index is 0.866. The minimum absolute atomic E-state index is 0.0195. The van der Waals surface area contributed by atoms with E-state index < -0.39 is 257 Å². The van der Waals surface area contributed by atoms with Gasteiger partial charge in [-0.05, 0) is 72.9 Å². The summed E-state index contributed by atoms with van der Waals surface area (Å²) < 4.78 is 32.1. The number of aliphatic hydroxyl groups excluding tert-OH is 6. The van der Waals surface area contributed by atoms with Gasteiger partial charge in [-0.3, -0.25) is 57.6 Å². The van der Waals surface area contributed by atoms with Crippen molar-refractivity contribution in [3.05, 3.63) is 71.8 Å². The average Bonchev–Trinajstić information content (AvgIpc) is 1.62. The molecule has 5 aliphatic heterocycles. The molecule has 2 aromatic rings. The Morgan fingerprint density at radius 1 is 0.441 bits per heavy atom. The number of hydrogen-bond acceptors (Lipinski definition) is 31. The van der Waals surface area contributed by atoms with E-state index in [1.807, 2.05) is 0 Å². The van der Waals surface area contributed by atoms with Crippen molar-refractivity contribution in [3.8, 4) is 0 Å². The first-order valence-corrected chi connectivity index (χ1v) is 40.0. The van der Waals surface area contributed by atoms with Crippen molar-refractivity contribution < 1.29 is 150 Å². The summed E-state index contributed by atoms with van der Waals surface area (Å²) in [4.78, 5) is 253. The number of likely N-dealkylation sites (N-methyl/N-ethyl adjacent to an activating group) is 4. The number of hydrogen-bond donors (Lipinski definition) is 18. The quantitative estimate of drug-likeness (QED) is 0.0127. The highest BCUT2D eigenvalue weighted by Gasteiger charge is 2.57. The number of benzene rings is 2. The summed E-state index contributed by atoms with van der Waals surface area (Å²) in [6.45, 7) is 0.948. The predicted molar refractivity (Wildman–Crippen MR) is 431 cm³/mol. The molecular weight excluding hydrogens is 1690 g/mol. The highest BCUT2D eigenvalue weighted by molar-refractivity contribution is 6.37. The topological polar surface area (TPSA) is 699 Å². The summed E-state index contributed by atoms with van der Waals surface area (Å²) in [5.74, 6) is -11.6. The van der Waals surface area contributed by atoms with Crippen LogP contribution in [0.5, 0.6) is 0 Å². The molecule has 4 saturated heterocycles. The molecule has 0 aromatic heterocycles. The molecule has 698 valence electrons. The minimum atomic E-state index is -1.79. The van der Waals surface area contributed by atoms with Crippen molar-refractivity contribution in [2.45, 2.75) is 152 Å². The van der Waals surface area contributed by atoms with Crippen molar-refractivity contribution in [1.29, 1.82) is 0 Å². The summed E-state index contributed by atoms with van der Waals surface area (Å²) >= 11 is 0. The second kappa shape index (κ2) is 47.0. The van der Waals surface area contributed by atoms with Crippen molar-refractivity contribution in [2.75, 3.05) is 124 Å². The first-order valence-electron chi connectivity index (χ1n) is 40.0. The van der Waals surface area contributed by atoms with Crippen LogP contribution < -0.4 is 64.6 Å². The fraction of sp³-hybridized carbons (Fsp3) is 0.566. The van der Waals surface area contributed by atoms with Gasteiger partial charge in [0.1, 0.15) is 119 Å². The number of carbonyl (C=O) groups excluding carboxylic acids is 19. The second-order valence-electron chi connectivity index (χ2n) is 30.6. The van der Waals surface area contributed by atoms with Gasteiger partial charge < -0.3 is 158 Å². The molecule has 0 radical (unpaired) electrons. The number of fused-ring (bicyclic) bond motifs is 2. The fourth-order valence-corrected chi connectivity index (χ4v) is 13.2. The standard InChI is InChI=1S/C76H108N20O31/c1-38(2)51(63(108)83-44(11-9-23-79-69(77)114)61(106)81-42-17-13-40(14-18-42)34-124-73(118)89(5)25-27-91(7)75(120)126-36-46-53(100)55(102)57(104)59-87-65(110)67(112)95(46)59)85-71(116)122-31-29-93(50(99)33-94-48(97)21-22-49(94)98)30-32-123-72(117)86-52(39(3)4)64(109)84-45(12-10-24-80-70(78)115)62(107)82-43-19-15-41(16-20-43)35-125-74(119)90(6)26-28-92(8)76(121)127-37-47-54(101)56(103)58(105)60-88-66(111)68(113)96(47)60/h13-22,38-39,44-47,51-60,100-105H,9-12,23-37H2,1-8H3,(H,81,106)(H,82,107)(H,83,108)(H,84,109)(H,85,116)(H,86,117)(H,87,110)(H,88,111)(H3,77,79,114)(H3,78,80,115)/t44-,45-,46+,47+,51-,52-,53+,54+,55-,56-,57-,58-,59-,60-/m0/s1. The molecule has 5 heterocycles. The lowest BCUT2D eigenvalue weighted by molar-refractivity contribution is -0.175. The third-order valence-electron chi connectivity index (χ3n) is 20.7. The molecule has 2 aromatic carbocycles. The first kappa shape index (κ1) is 101. The molecular formula is C76H108N20O31. The van der Waals surface area contributed by atoms with E-state index in [0.29, 0.717) is 16.0 Å². The average molecular weight is 1800 g/mol. The van der Waals surface area contributed by atoms with E-state index in [1.54, 1.807) is 27.7 Å². The van der Waals surface area contributed by atoms with Crippen molar-refractivity contribution >= 4 is 125 Å². The van der Waals surface area contributed by atoms with Crippen LogP contribution >= 0.6 is 0 Å². The van der Waals surface area contributed by atoms with E-state index in [9.17, 15) is 122 Å². The zero-order valence-corrected chi connectivity index (χ0v) is 70.6. The molecule has 20 N–H and O–H groups in total. The van der Waals surface area contributed by atoms with Gasteiger partial charge >= 0.3 is 72.3 Å². The Morgan fingerprint density at radius 2 is 0.780 bits per heavy atom. The molecule has 0 unspecified atom stereocenters. The molecule has 14 atom stereocenters. The van der Waals surface area contributed by atoms with Crippen molar-refractivity contribution in [2.24, 2.45) is 23.3 Å². The lowest BCUT2D eigenvalue weighted by atomic mass is 9.92. The van der Waals surface area contributed by atoms with Crippen LogP contribution in [0.3, 0.4) is 0 Å². The molecule has 21 amide bonds. The summed E-state index contributed by atoms with van der Waals surface area (Å²) in [6, 6.07) is 1.97. The summed E-state index contributed by atoms with van der Waals surface area (Å²) in [5, 5.41) is 86.9. The molecule has 127 heavy (non-hydrogen) atoms. The Bertz CT molecular complexity index is 4110. The van der Waals surface area contributed by atoms with Crippen molar-refractivity contribution in [3.63, 3.8) is 0 Å². The van der Waals surface area contributed by atoms with Crippen LogP contribution in [0, 0.1) is 11.8 Å². The number of alkyl carbamates (subject to hydrolysis) is 2. The number of carbonyl (C=O) groups is 19. The number of imide groups is 1. The summed E-state index contributed by atoms with van der Waals surface area (Å²) in [7, 11) is 5.41. The number of piperidine rings is 2. The van der Waals surface area contributed by atoms with Gasteiger partial charge in [0.2, 0.25) is 29.5 Å². The van der Waals surface area contributed by atoms with Crippen LogP contribution in [0.4, 0.5) is 49.7 Å². The molecule has 0 aliphatic carbocycles. The minimum Gasteiger partial charge on any atom is -0.448 e. The molecule has 5 aliphatic rings. The van der Waals surface area contributed by atoms with Gasteiger partial charge in [0, 0.05) is 91.0 Å². The van der Waals surface area contributed by atoms with Crippen molar-refractivity contribution in [1.82, 2.24) is 81.7 Å². The van der Waals surface area contributed by atoms with E-state index in [4.69, 9.17) is 39.9 Å². The number of primary amides is 2. The van der Waals surface area contributed by atoms with Gasteiger partial charge in [-0.15, -0.1) is 0 Å². The normalized spacial score (nSPS) is 20.6. The SMILES string of the molecule is CC(C)[C@H](NC(=O)OCCN(CCOC(=O)N[C@H](C(=O)N[C@@H](CCCNC(N)=O)C(=O)Nc1ccc(COC(=O)N(C)CCN(C)C(=O)OC[C@@H]2[C@@H](O)[C@H](O)[C@H](O)[C@H]3NC(=O)C(=O)N23)cc1)C(C)C)C(=O)CN1C(=O)C=CC1=O)C(=O)N[C@@H](CCCNC(N)=O)C(=O)Nc1ccc(COC(=O)N(C)CCN(C)C(=O)OC[C@@H]2[C@@H](O)[C@H](O)[C@H](O)[C@H]3NC(=O)C(=O)N23)cc1. The monoisotopic (exact) mass is 1800 g/mol. The summed E-state index contributed by atoms with van der Waals surface area (Å²) in [5.41, 5.74) is 11.8. The number of ether oxygens (including phenoxy) is 6. The molecule has 51 nitrogen and oxygen atoms in total. The number of amides is 21. The van der Waals surface area contributed by atoms with Gasteiger partial charge in [0.05, 0.1) is 25.2 Å². The fourth-order valence-electron chi connectivity index (χ4n) is 13.2. The van der Waals surface area contributed by atoms with Gasteiger partial charge in [-0.1, -0.05) is 52.0 Å². The number of urea groups is 2. The number of aliphatic hydroxyl groups is 6. The van der Waals surface area contributed by atoms with E-state index in [1.165, 1.54) is 76.7 Å². The number of rotatable bonds is 42. The van der Waals surface area contributed by atoms with Crippen LogP contribution in [-0.4, -0.2) is 382 Å². The van der Waals surface area contributed by atoms with Gasteiger partial charge in [-0.2, -0.15) is 0 Å². The molecule has 0 spiro atoms. The lowest BCUT2D eigenvalue weighted by Crippen LogP contribution is -2.68. The largest absolute Gasteiger partial charge is 0.448 e. The maximum atomic E-state index is 14.0.